The third kappa shape index (κ3) is 2.60. The highest BCUT2D eigenvalue weighted by molar-refractivity contribution is 6.32. The van der Waals surface area contributed by atoms with Crippen molar-refractivity contribution in [2.24, 2.45) is 5.10 Å². The van der Waals surface area contributed by atoms with Crippen LogP contribution in [0.3, 0.4) is 0 Å². The second kappa shape index (κ2) is 5.50. The van der Waals surface area contributed by atoms with E-state index in [1.807, 2.05) is 0 Å². The molecular formula is C11H11ClN4O2. The molecule has 0 aliphatic carbocycles. The lowest BCUT2D eigenvalue weighted by Gasteiger charge is -2.09. The fraction of sp³-hybridized carbons (Fsp3) is 0.182. The van der Waals surface area contributed by atoms with Crippen molar-refractivity contribution in [3.8, 4) is 11.5 Å². The van der Waals surface area contributed by atoms with Crippen molar-refractivity contribution in [3.63, 3.8) is 0 Å². The number of methoxy groups -OCH3 is 2. The van der Waals surface area contributed by atoms with Crippen LogP contribution in [0, 0.1) is 0 Å². The maximum absolute atomic E-state index is 6.08. The van der Waals surface area contributed by atoms with E-state index in [1.165, 1.54) is 24.4 Å². The van der Waals surface area contributed by atoms with Gasteiger partial charge in [0.15, 0.2) is 11.5 Å². The molecule has 0 N–H and O–H groups in total. The van der Waals surface area contributed by atoms with E-state index in [9.17, 15) is 0 Å². The molecule has 6 nitrogen and oxygen atoms in total. The maximum atomic E-state index is 6.08. The lowest BCUT2D eigenvalue weighted by molar-refractivity contribution is 0.355. The first-order valence-corrected chi connectivity index (χ1v) is 5.43. The van der Waals surface area contributed by atoms with Crippen molar-refractivity contribution in [2.45, 2.75) is 0 Å². The molecule has 94 valence electrons. The zero-order valence-corrected chi connectivity index (χ0v) is 10.6. The Morgan fingerprint density at radius 1 is 1.22 bits per heavy atom. The topological polar surface area (TPSA) is 61.5 Å². The molecular weight excluding hydrogens is 256 g/mol. The number of nitrogens with zero attached hydrogens (tertiary/aromatic N) is 4. The second-order valence-corrected chi connectivity index (χ2v) is 3.73. The summed E-state index contributed by atoms with van der Waals surface area (Å²) in [5.74, 6) is 1.05. The van der Waals surface area contributed by atoms with Crippen LogP contribution >= 0.6 is 11.6 Å². The van der Waals surface area contributed by atoms with Crippen molar-refractivity contribution < 1.29 is 9.47 Å². The van der Waals surface area contributed by atoms with Crippen LogP contribution in [0.25, 0.3) is 0 Å². The van der Waals surface area contributed by atoms with Gasteiger partial charge in [-0.1, -0.05) is 11.6 Å². The number of aromatic nitrogens is 3. The van der Waals surface area contributed by atoms with Gasteiger partial charge in [0, 0.05) is 0 Å². The van der Waals surface area contributed by atoms with Crippen LogP contribution < -0.4 is 9.47 Å². The average molecular weight is 267 g/mol. The molecule has 18 heavy (non-hydrogen) atoms. The van der Waals surface area contributed by atoms with Gasteiger partial charge in [-0.3, -0.25) is 0 Å². The van der Waals surface area contributed by atoms with Gasteiger partial charge in [0.05, 0.1) is 25.5 Å². The predicted octanol–water partition coefficient (Wildman–Crippen LogP) is 1.83. The molecule has 2 rings (SSSR count). The Morgan fingerprint density at radius 3 is 2.56 bits per heavy atom. The highest BCUT2D eigenvalue weighted by Crippen LogP contribution is 2.35. The number of hydrogen-bond acceptors (Lipinski definition) is 5. The first-order valence-electron chi connectivity index (χ1n) is 5.05. The van der Waals surface area contributed by atoms with Crippen LogP contribution in [0.4, 0.5) is 0 Å². The normalized spacial score (nSPS) is 10.8. The lowest BCUT2D eigenvalue weighted by Crippen LogP contribution is -1.94. The number of halogens is 1. The van der Waals surface area contributed by atoms with Crippen LogP contribution in [0.5, 0.6) is 11.5 Å². The number of rotatable bonds is 4. The summed E-state index contributed by atoms with van der Waals surface area (Å²) < 4.78 is 11.8. The fourth-order valence-electron chi connectivity index (χ4n) is 1.40. The minimum Gasteiger partial charge on any atom is -0.493 e. The van der Waals surface area contributed by atoms with Gasteiger partial charge in [-0.25, -0.2) is 4.68 Å². The molecule has 1 aromatic carbocycles. The molecule has 7 heteroatoms. The molecule has 0 saturated carbocycles. The summed E-state index contributed by atoms with van der Waals surface area (Å²) in [6.07, 6.45) is 4.59. The zero-order chi connectivity index (χ0) is 13.0. The van der Waals surface area contributed by atoms with Crippen molar-refractivity contribution >= 4 is 17.8 Å². The minimum absolute atomic E-state index is 0.460. The fourth-order valence-corrected chi connectivity index (χ4v) is 1.70. The lowest BCUT2D eigenvalue weighted by atomic mass is 10.2. The highest BCUT2D eigenvalue weighted by atomic mass is 35.5. The third-order valence-corrected chi connectivity index (χ3v) is 2.48. The van der Waals surface area contributed by atoms with Gasteiger partial charge in [0.2, 0.25) is 0 Å². The molecule has 0 aliphatic heterocycles. The van der Waals surface area contributed by atoms with E-state index in [2.05, 4.69) is 15.3 Å². The van der Waals surface area contributed by atoms with E-state index in [-0.39, 0.29) is 0 Å². The summed E-state index contributed by atoms with van der Waals surface area (Å²) in [6.45, 7) is 0. The van der Waals surface area contributed by atoms with E-state index in [4.69, 9.17) is 21.1 Å². The maximum Gasteiger partial charge on any atom is 0.179 e. The van der Waals surface area contributed by atoms with Crippen molar-refractivity contribution in [1.82, 2.24) is 14.9 Å². The molecule has 1 heterocycles. The quantitative estimate of drug-likeness (QED) is 0.792. The SMILES string of the molecule is COc1cc(/C=N\n2cnnc2)cc(Cl)c1OC. The molecule has 0 spiro atoms. The molecule has 0 bridgehead atoms. The summed E-state index contributed by atoms with van der Waals surface area (Å²) in [5, 5.41) is 11.9. The van der Waals surface area contributed by atoms with Crippen molar-refractivity contribution in [3.05, 3.63) is 35.4 Å². The number of hydrogen-bond donors (Lipinski definition) is 0. The van der Waals surface area contributed by atoms with Gasteiger partial charge in [-0.2, -0.15) is 5.10 Å². The summed E-state index contributed by atoms with van der Waals surface area (Å²) in [5.41, 5.74) is 0.784. The van der Waals surface area contributed by atoms with Crippen molar-refractivity contribution in [1.29, 1.82) is 0 Å². The van der Waals surface area contributed by atoms with Crippen LogP contribution in [0.1, 0.15) is 5.56 Å². The van der Waals surface area contributed by atoms with E-state index >= 15 is 0 Å². The number of benzene rings is 1. The zero-order valence-electron chi connectivity index (χ0n) is 9.87. The Bertz CT molecular complexity index is 554. The molecule has 0 atom stereocenters. The Kier molecular flexibility index (Phi) is 3.78. The van der Waals surface area contributed by atoms with Gasteiger partial charge in [0.1, 0.15) is 12.7 Å². The van der Waals surface area contributed by atoms with Gasteiger partial charge in [-0.15, -0.1) is 10.2 Å². The first kappa shape index (κ1) is 12.4. The van der Waals surface area contributed by atoms with E-state index in [0.717, 1.165) is 5.56 Å². The third-order valence-electron chi connectivity index (χ3n) is 2.20. The van der Waals surface area contributed by atoms with Gasteiger partial charge < -0.3 is 9.47 Å². The molecule has 2 aromatic rings. The van der Waals surface area contributed by atoms with E-state index < -0.39 is 0 Å². The first-order chi connectivity index (χ1) is 8.74. The largest absolute Gasteiger partial charge is 0.493 e. The standard InChI is InChI=1S/C11H11ClN4O2/c1-17-10-4-8(3-9(12)11(10)18-2)5-15-16-6-13-14-7-16/h3-7H,1-2H3/b15-5-. The molecule has 1 aromatic heterocycles. The van der Waals surface area contributed by atoms with Crippen LogP contribution in [-0.2, 0) is 0 Å². The smallest absolute Gasteiger partial charge is 0.179 e. The Morgan fingerprint density at radius 2 is 1.94 bits per heavy atom. The molecule has 0 radical (unpaired) electrons. The van der Waals surface area contributed by atoms with Gasteiger partial charge >= 0.3 is 0 Å². The monoisotopic (exact) mass is 266 g/mol. The molecule has 0 amide bonds. The number of ether oxygens (including phenoxy) is 2. The summed E-state index contributed by atoms with van der Waals surface area (Å²) in [6, 6.07) is 3.51. The predicted molar refractivity (Wildman–Crippen MR) is 67.6 cm³/mol. The highest BCUT2D eigenvalue weighted by Gasteiger charge is 2.09. The minimum atomic E-state index is 0.460. The second-order valence-electron chi connectivity index (χ2n) is 3.32. The molecule has 0 unspecified atom stereocenters. The van der Waals surface area contributed by atoms with Crippen molar-refractivity contribution in [2.75, 3.05) is 14.2 Å². The van der Waals surface area contributed by atoms with Gasteiger partial charge in [-0.05, 0) is 17.7 Å². The summed E-state index contributed by atoms with van der Waals surface area (Å²) in [7, 11) is 3.09. The Labute approximate surface area is 109 Å². The van der Waals surface area contributed by atoms with Crippen LogP contribution in [0.2, 0.25) is 5.02 Å². The average Bonchev–Trinajstić information content (AvgIpc) is 2.88. The summed E-state index contributed by atoms with van der Waals surface area (Å²) in [4.78, 5) is 0. The summed E-state index contributed by atoms with van der Waals surface area (Å²) >= 11 is 6.08. The van der Waals surface area contributed by atoms with E-state index in [1.54, 1.807) is 25.5 Å². The molecule has 0 saturated heterocycles. The van der Waals surface area contributed by atoms with Crippen LogP contribution in [-0.4, -0.2) is 35.3 Å². The molecule has 0 fully saturated rings. The van der Waals surface area contributed by atoms with Crippen LogP contribution in [0.15, 0.2) is 29.9 Å². The van der Waals surface area contributed by atoms with E-state index in [0.29, 0.717) is 16.5 Å². The Hall–Kier alpha value is -2.08. The Balaban J connectivity index is 2.32. The van der Waals surface area contributed by atoms with Gasteiger partial charge in [0.25, 0.3) is 0 Å². The molecule has 0 aliphatic rings.